The number of hydrogen-bond acceptors (Lipinski definition) is 4. The highest BCUT2D eigenvalue weighted by molar-refractivity contribution is 5.89. The smallest absolute Gasteiger partial charge is 0.356 e. The minimum absolute atomic E-state index is 0.122. The van der Waals surface area contributed by atoms with Crippen LogP contribution in [-0.4, -0.2) is 36.6 Å². The Hall–Kier alpha value is -2.57. The number of pyridine rings is 1. The largest absolute Gasteiger partial charge is 0.461 e. The molecule has 1 fully saturated rings. The molecule has 1 saturated heterocycles. The van der Waals surface area contributed by atoms with Crippen LogP contribution in [0.5, 0.6) is 0 Å². The Balaban J connectivity index is 2.00. The van der Waals surface area contributed by atoms with Crippen molar-refractivity contribution < 1.29 is 22.7 Å². The maximum atomic E-state index is 13.5. The Bertz CT molecular complexity index is 784. The normalized spacial score (nSPS) is 16.4. The zero-order chi connectivity index (χ0) is 18.7. The third-order valence-corrected chi connectivity index (χ3v) is 4.31. The maximum Gasteiger partial charge on any atom is 0.356 e. The van der Waals surface area contributed by atoms with Crippen molar-refractivity contribution >= 4 is 11.7 Å². The number of anilines is 1. The van der Waals surface area contributed by atoms with E-state index in [9.17, 15) is 18.0 Å². The number of carbonyl (C=O) groups excluding carboxylic acids is 1. The number of alkyl halides is 2. The predicted octanol–water partition coefficient (Wildman–Crippen LogP) is 4.30. The van der Waals surface area contributed by atoms with E-state index in [0.29, 0.717) is 16.9 Å². The van der Waals surface area contributed by atoms with Gasteiger partial charge in [0.25, 0.3) is 5.92 Å². The number of benzene rings is 1. The lowest BCUT2D eigenvalue weighted by Gasteiger charge is -2.34. The van der Waals surface area contributed by atoms with Crippen LogP contribution in [-0.2, 0) is 4.74 Å². The Morgan fingerprint density at radius 1 is 1.15 bits per heavy atom. The summed E-state index contributed by atoms with van der Waals surface area (Å²) in [7, 11) is 0. The molecule has 26 heavy (non-hydrogen) atoms. The van der Waals surface area contributed by atoms with Gasteiger partial charge < -0.3 is 9.64 Å². The summed E-state index contributed by atoms with van der Waals surface area (Å²) < 4.78 is 45.2. The van der Waals surface area contributed by atoms with E-state index in [2.05, 4.69) is 4.98 Å². The molecule has 0 spiro atoms. The lowest BCUT2D eigenvalue weighted by Crippen LogP contribution is -2.39. The molecule has 4 nitrogen and oxygen atoms in total. The molecule has 0 amide bonds. The molecule has 1 aliphatic heterocycles. The number of nitrogens with zero attached hydrogens (tertiary/aromatic N) is 2. The van der Waals surface area contributed by atoms with Crippen molar-refractivity contribution in [3.05, 3.63) is 47.9 Å². The van der Waals surface area contributed by atoms with Gasteiger partial charge in [0, 0.05) is 31.5 Å². The fraction of sp³-hybridized carbons (Fsp3) is 0.368. The van der Waals surface area contributed by atoms with E-state index in [4.69, 9.17) is 4.74 Å². The summed E-state index contributed by atoms with van der Waals surface area (Å²) in [6, 6.07) is 8.89. The molecule has 0 N–H and O–H groups in total. The Labute approximate surface area is 149 Å². The van der Waals surface area contributed by atoms with Crippen LogP contribution in [0.4, 0.5) is 18.9 Å². The van der Waals surface area contributed by atoms with Gasteiger partial charge >= 0.3 is 5.97 Å². The van der Waals surface area contributed by atoms with Gasteiger partial charge in [-0.3, -0.25) is 0 Å². The first-order valence-electron chi connectivity index (χ1n) is 8.46. The minimum atomic E-state index is -2.66. The highest BCUT2D eigenvalue weighted by Crippen LogP contribution is 2.35. The van der Waals surface area contributed by atoms with Gasteiger partial charge in [-0.05, 0) is 43.3 Å². The van der Waals surface area contributed by atoms with Crippen molar-refractivity contribution in [2.75, 3.05) is 24.6 Å². The molecule has 1 aliphatic rings. The summed E-state index contributed by atoms with van der Waals surface area (Å²) >= 11 is 0. The van der Waals surface area contributed by atoms with E-state index >= 15 is 0 Å². The molecule has 2 heterocycles. The number of rotatable bonds is 4. The van der Waals surface area contributed by atoms with E-state index in [1.807, 2.05) is 4.90 Å². The molecule has 138 valence electrons. The maximum absolute atomic E-state index is 13.5. The van der Waals surface area contributed by atoms with Crippen LogP contribution >= 0.6 is 0 Å². The first kappa shape index (κ1) is 18.2. The topological polar surface area (TPSA) is 42.4 Å². The third kappa shape index (κ3) is 3.98. The molecule has 0 atom stereocenters. The lowest BCUT2D eigenvalue weighted by molar-refractivity contribution is -0.0220. The molecule has 1 aromatic heterocycles. The molecule has 0 unspecified atom stereocenters. The van der Waals surface area contributed by atoms with Crippen LogP contribution in [0.15, 0.2) is 36.4 Å². The first-order chi connectivity index (χ1) is 12.4. The van der Waals surface area contributed by atoms with Crippen LogP contribution in [0, 0.1) is 5.82 Å². The molecule has 3 rings (SSSR count). The van der Waals surface area contributed by atoms with Gasteiger partial charge in [0.2, 0.25) is 0 Å². The van der Waals surface area contributed by atoms with Crippen molar-refractivity contribution in [2.24, 2.45) is 0 Å². The van der Waals surface area contributed by atoms with Gasteiger partial charge in [-0.15, -0.1) is 0 Å². The zero-order valence-corrected chi connectivity index (χ0v) is 14.3. The van der Waals surface area contributed by atoms with Crippen LogP contribution in [0.25, 0.3) is 11.3 Å². The summed E-state index contributed by atoms with van der Waals surface area (Å²) in [5.74, 6) is -3.62. The van der Waals surface area contributed by atoms with Crippen LogP contribution in [0.2, 0.25) is 0 Å². The molecule has 0 saturated carbocycles. The number of esters is 1. The summed E-state index contributed by atoms with van der Waals surface area (Å²) in [5, 5.41) is 0. The van der Waals surface area contributed by atoms with E-state index in [1.54, 1.807) is 25.1 Å². The van der Waals surface area contributed by atoms with Crippen LogP contribution in [0.3, 0.4) is 0 Å². The SMILES string of the molecule is CCOC(=O)c1ccc(N2CCC(F)(F)CC2)c(-c2ccc(F)cc2)n1. The predicted molar refractivity (Wildman–Crippen MR) is 92.0 cm³/mol. The van der Waals surface area contributed by atoms with Crippen molar-refractivity contribution in [1.29, 1.82) is 0 Å². The van der Waals surface area contributed by atoms with Gasteiger partial charge in [-0.25, -0.2) is 22.9 Å². The van der Waals surface area contributed by atoms with E-state index in [0.717, 1.165) is 0 Å². The second-order valence-electron chi connectivity index (χ2n) is 6.13. The summed E-state index contributed by atoms with van der Waals surface area (Å²) in [5.41, 5.74) is 1.81. The fourth-order valence-corrected chi connectivity index (χ4v) is 2.92. The van der Waals surface area contributed by atoms with Gasteiger partial charge in [0.1, 0.15) is 11.5 Å². The number of carbonyl (C=O) groups is 1. The average Bonchev–Trinajstić information content (AvgIpc) is 2.62. The molecule has 1 aromatic carbocycles. The van der Waals surface area contributed by atoms with Crippen LogP contribution < -0.4 is 4.90 Å². The second-order valence-corrected chi connectivity index (χ2v) is 6.13. The molecule has 7 heteroatoms. The van der Waals surface area contributed by atoms with E-state index in [1.165, 1.54) is 18.2 Å². The molecule has 2 aromatic rings. The monoisotopic (exact) mass is 364 g/mol. The Kier molecular flexibility index (Phi) is 5.15. The zero-order valence-electron chi connectivity index (χ0n) is 14.3. The summed E-state index contributed by atoms with van der Waals surface area (Å²) in [6.45, 7) is 2.28. The fourth-order valence-electron chi connectivity index (χ4n) is 2.92. The second kappa shape index (κ2) is 7.35. The number of piperidine rings is 1. The van der Waals surface area contributed by atoms with Gasteiger partial charge in [0.05, 0.1) is 18.0 Å². The van der Waals surface area contributed by atoms with Crippen LogP contribution in [0.1, 0.15) is 30.3 Å². The highest BCUT2D eigenvalue weighted by Gasteiger charge is 2.35. The quantitative estimate of drug-likeness (QED) is 0.759. The third-order valence-electron chi connectivity index (χ3n) is 4.31. The van der Waals surface area contributed by atoms with Gasteiger partial charge in [-0.1, -0.05) is 0 Å². The molecule has 0 bridgehead atoms. The summed E-state index contributed by atoms with van der Waals surface area (Å²) in [6.07, 6.45) is -0.481. The molecular formula is C19H19F3N2O2. The van der Waals surface area contributed by atoms with Crippen molar-refractivity contribution in [1.82, 2.24) is 4.98 Å². The highest BCUT2D eigenvalue weighted by atomic mass is 19.3. The number of hydrogen-bond donors (Lipinski definition) is 0. The number of ether oxygens (including phenoxy) is 1. The number of aromatic nitrogens is 1. The molecule has 0 aliphatic carbocycles. The Morgan fingerprint density at radius 2 is 1.81 bits per heavy atom. The molecular weight excluding hydrogens is 345 g/mol. The van der Waals surface area contributed by atoms with Crippen molar-refractivity contribution in [3.63, 3.8) is 0 Å². The van der Waals surface area contributed by atoms with Crippen molar-refractivity contribution in [2.45, 2.75) is 25.7 Å². The lowest BCUT2D eigenvalue weighted by atomic mass is 10.0. The van der Waals surface area contributed by atoms with Gasteiger partial charge in [0.15, 0.2) is 0 Å². The van der Waals surface area contributed by atoms with E-state index in [-0.39, 0.29) is 38.2 Å². The Morgan fingerprint density at radius 3 is 2.42 bits per heavy atom. The average molecular weight is 364 g/mol. The minimum Gasteiger partial charge on any atom is -0.461 e. The van der Waals surface area contributed by atoms with Gasteiger partial charge in [-0.2, -0.15) is 0 Å². The number of halogens is 3. The first-order valence-corrected chi connectivity index (χ1v) is 8.46. The standard InChI is InChI=1S/C19H19F3N2O2/c1-2-26-18(25)15-7-8-16(24-11-9-19(21,22)10-12-24)17(23-15)13-3-5-14(20)6-4-13/h3-8H,2,9-12H2,1H3. The summed E-state index contributed by atoms with van der Waals surface area (Å²) in [4.78, 5) is 18.2. The molecule has 0 radical (unpaired) electrons. The van der Waals surface area contributed by atoms with Crippen molar-refractivity contribution in [3.8, 4) is 11.3 Å². The van der Waals surface area contributed by atoms with E-state index < -0.39 is 17.7 Å².